The SMILES string of the molecule is O=C(N[C@H]1CCNC1)C1CCCC(C(F)(F)F)C1. The van der Waals surface area contributed by atoms with Crippen LogP contribution in [-0.4, -0.2) is 31.2 Å². The maximum atomic E-state index is 12.6. The van der Waals surface area contributed by atoms with Crippen molar-refractivity contribution in [3.05, 3.63) is 0 Å². The first-order valence-electron chi connectivity index (χ1n) is 6.54. The monoisotopic (exact) mass is 264 g/mol. The summed E-state index contributed by atoms with van der Waals surface area (Å²) < 4.78 is 37.9. The molecule has 1 aliphatic carbocycles. The molecule has 0 spiro atoms. The second-order valence-corrected chi connectivity index (χ2v) is 5.30. The number of carbonyl (C=O) groups excluding carboxylic acids is 1. The predicted octanol–water partition coefficient (Wildman–Crippen LogP) is 1.83. The lowest BCUT2D eigenvalue weighted by atomic mass is 9.80. The summed E-state index contributed by atoms with van der Waals surface area (Å²) >= 11 is 0. The summed E-state index contributed by atoms with van der Waals surface area (Å²) in [5.41, 5.74) is 0. The van der Waals surface area contributed by atoms with Crippen molar-refractivity contribution in [3.63, 3.8) is 0 Å². The van der Waals surface area contributed by atoms with E-state index < -0.39 is 18.0 Å². The molecule has 1 amide bonds. The number of rotatable bonds is 2. The minimum atomic E-state index is -4.16. The molecule has 2 aliphatic rings. The zero-order valence-corrected chi connectivity index (χ0v) is 10.2. The number of halogens is 3. The van der Waals surface area contributed by atoms with Gasteiger partial charge in [-0.2, -0.15) is 13.2 Å². The van der Waals surface area contributed by atoms with Crippen LogP contribution in [0.2, 0.25) is 0 Å². The smallest absolute Gasteiger partial charge is 0.352 e. The Morgan fingerprint density at radius 1 is 1.22 bits per heavy atom. The second kappa shape index (κ2) is 5.47. The molecule has 6 heteroatoms. The molecule has 3 atom stereocenters. The number of carbonyl (C=O) groups is 1. The molecule has 0 aromatic rings. The fraction of sp³-hybridized carbons (Fsp3) is 0.917. The van der Waals surface area contributed by atoms with E-state index in [0.717, 1.165) is 19.5 Å². The van der Waals surface area contributed by atoms with Gasteiger partial charge < -0.3 is 10.6 Å². The molecule has 1 heterocycles. The van der Waals surface area contributed by atoms with E-state index in [-0.39, 0.29) is 24.8 Å². The Bertz CT molecular complexity index is 300. The van der Waals surface area contributed by atoms with Crippen molar-refractivity contribution >= 4 is 5.91 Å². The van der Waals surface area contributed by atoms with Crippen LogP contribution in [0.1, 0.15) is 32.1 Å². The molecule has 0 aromatic carbocycles. The van der Waals surface area contributed by atoms with Gasteiger partial charge >= 0.3 is 6.18 Å². The van der Waals surface area contributed by atoms with E-state index in [1.54, 1.807) is 0 Å². The first-order chi connectivity index (χ1) is 8.47. The Balaban J connectivity index is 1.86. The van der Waals surface area contributed by atoms with Crippen molar-refractivity contribution in [2.24, 2.45) is 11.8 Å². The van der Waals surface area contributed by atoms with Crippen LogP contribution in [0.3, 0.4) is 0 Å². The molecule has 0 radical (unpaired) electrons. The summed E-state index contributed by atoms with van der Waals surface area (Å²) in [4.78, 5) is 11.9. The summed E-state index contributed by atoms with van der Waals surface area (Å²) in [7, 11) is 0. The Labute approximate surface area is 104 Å². The first kappa shape index (κ1) is 13.6. The van der Waals surface area contributed by atoms with Crippen LogP contribution in [0, 0.1) is 11.8 Å². The maximum Gasteiger partial charge on any atom is 0.391 e. The average molecular weight is 264 g/mol. The van der Waals surface area contributed by atoms with Crippen LogP contribution < -0.4 is 10.6 Å². The topological polar surface area (TPSA) is 41.1 Å². The van der Waals surface area contributed by atoms with Crippen LogP contribution in [0.4, 0.5) is 13.2 Å². The fourth-order valence-electron chi connectivity index (χ4n) is 2.82. The van der Waals surface area contributed by atoms with Gasteiger partial charge in [-0.15, -0.1) is 0 Å². The number of amides is 1. The lowest BCUT2D eigenvalue weighted by Gasteiger charge is -2.30. The maximum absolute atomic E-state index is 12.6. The highest BCUT2D eigenvalue weighted by Gasteiger charge is 2.43. The van der Waals surface area contributed by atoms with Crippen LogP contribution in [-0.2, 0) is 4.79 Å². The van der Waals surface area contributed by atoms with Crippen molar-refractivity contribution in [2.45, 2.75) is 44.3 Å². The third-order valence-corrected chi connectivity index (χ3v) is 3.91. The zero-order valence-electron chi connectivity index (χ0n) is 10.2. The van der Waals surface area contributed by atoms with Crippen molar-refractivity contribution < 1.29 is 18.0 Å². The third kappa shape index (κ3) is 3.37. The zero-order chi connectivity index (χ0) is 13.2. The van der Waals surface area contributed by atoms with E-state index >= 15 is 0 Å². The van der Waals surface area contributed by atoms with Gasteiger partial charge in [-0.05, 0) is 32.2 Å². The van der Waals surface area contributed by atoms with Crippen molar-refractivity contribution in [3.8, 4) is 0 Å². The van der Waals surface area contributed by atoms with Crippen LogP contribution in [0.15, 0.2) is 0 Å². The lowest BCUT2D eigenvalue weighted by molar-refractivity contribution is -0.186. The van der Waals surface area contributed by atoms with Gasteiger partial charge in [0.1, 0.15) is 0 Å². The standard InChI is InChI=1S/C12H19F3N2O/c13-12(14,15)9-3-1-2-8(6-9)11(18)17-10-4-5-16-7-10/h8-10,16H,1-7H2,(H,17,18)/t8?,9?,10-/m0/s1. The lowest BCUT2D eigenvalue weighted by Crippen LogP contribution is -2.42. The van der Waals surface area contributed by atoms with Crippen molar-refractivity contribution in [1.82, 2.24) is 10.6 Å². The molecular weight excluding hydrogens is 245 g/mol. The van der Waals surface area contributed by atoms with Crippen LogP contribution in [0.25, 0.3) is 0 Å². The molecule has 0 aromatic heterocycles. The van der Waals surface area contributed by atoms with E-state index in [4.69, 9.17) is 0 Å². The third-order valence-electron chi connectivity index (χ3n) is 3.91. The normalized spacial score (nSPS) is 33.4. The summed E-state index contributed by atoms with van der Waals surface area (Å²) in [6, 6.07) is 0.0868. The highest BCUT2D eigenvalue weighted by atomic mass is 19.4. The molecule has 1 saturated carbocycles. The minimum Gasteiger partial charge on any atom is -0.352 e. The molecule has 0 bridgehead atoms. The van der Waals surface area contributed by atoms with Gasteiger partial charge in [0.05, 0.1) is 5.92 Å². The molecule has 104 valence electrons. The second-order valence-electron chi connectivity index (χ2n) is 5.30. The summed E-state index contributed by atoms with van der Waals surface area (Å²) in [5.74, 6) is -1.97. The predicted molar refractivity (Wildman–Crippen MR) is 60.9 cm³/mol. The molecule has 18 heavy (non-hydrogen) atoms. The molecule has 3 nitrogen and oxygen atoms in total. The van der Waals surface area contributed by atoms with Gasteiger partial charge in [-0.25, -0.2) is 0 Å². The molecule has 2 unspecified atom stereocenters. The fourth-order valence-corrected chi connectivity index (χ4v) is 2.82. The number of nitrogens with one attached hydrogen (secondary N) is 2. The summed E-state index contributed by atoms with van der Waals surface area (Å²) in [5, 5.41) is 5.97. The Morgan fingerprint density at radius 2 is 2.00 bits per heavy atom. The number of alkyl halides is 3. The van der Waals surface area contributed by atoms with Crippen molar-refractivity contribution in [1.29, 1.82) is 0 Å². The highest BCUT2D eigenvalue weighted by Crippen LogP contribution is 2.39. The van der Waals surface area contributed by atoms with Gasteiger partial charge in [-0.3, -0.25) is 4.79 Å². The van der Waals surface area contributed by atoms with Crippen LogP contribution >= 0.6 is 0 Å². The molecule has 2 rings (SSSR count). The van der Waals surface area contributed by atoms with E-state index in [9.17, 15) is 18.0 Å². The molecule has 2 N–H and O–H groups in total. The Morgan fingerprint density at radius 3 is 2.61 bits per heavy atom. The van der Waals surface area contributed by atoms with E-state index in [2.05, 4.69) is 10.6 Å². The minimum absolute atomic E-state index is 0.0461. The Kier molecular flexibility index (Phi) is 4.14. The number of hydrogen-bond acceptors (Lipinski definition) is 2. The van der Waals surface area contributed by atoms with Gasteiger partial charge in [0.25, 0.3) is 0 Å². The van der Waals surface area contributed by atoms with Gasteiger partial charge in [0.2, 0.25) is 5.91 Å². The summed E-state index contributed by atoms with van der Waals surface area (Å²) in [6.45, 7) is 1.59. The molecule has 2 fully saturated rings. The van der Waals surface area contributed by atoms with Gasteiger partial charge in [0, 0.05) is 18.5 Å². The van der Waals surface area contributed by atoms with Crippen LogP contribution in [0.5, 0.6) is 0 Å². The van der Waals surface area contributed by atoms with Gasteiger partial charge in [0.15, 0.2) is 0 Å². The average Bonchev–Trinajstić information content (AvgIpc) is 2.81. The molecule has 1 aliphatic heterocycles. The van der Waals surface area contributed by atoms with Crippen molar-refractivity contribution in [2.75, 3.05) is 13.1 Å². The Hall–Kier alpha value is -0.780. The number of hydrogen-bond donors (Lipinski definition) is 2. The van der Waals surface area contributed by atoms with E-state index in [1.807, 2.05) is 0 Å². The molecule has 1 saturated heterocycles. The quantitative estimate of drug-likeness (QED) is 0.799. The molecular formula is C12H19F3N2O. The summed E-state index contributed by atoms with van der Waals surface area (Å²) in [6.07, 6.45) is -2.10. The highest BCUT2D eigenvalue weighted by molar-refractivity contribution is 5.79. The van der Waals surface area contributed by atoms with E-state index in [0.29, 0.717) is 12.8 Å². The van der Waals surface area contributed by atoms with Gasteiger partial charge in [-0.1, -0.05) is 6.42 Å². The largest absolute Gasteiger partial charge is 0.391 e. The first-order valence-corrected chi connectivity index (χ1v) is 6.54. The van der Waals surface area contributed by atoms with E-state index in [1.165, 1.54) is 0 Å².